The Morgan fingerprint density at radius 3 is 2.49 bits per heavy atom. The van der Waals surface area contributed by atoms with Gasteiger partial charge in [-0.25, -0.2) is 14.7 Å². The summed E-state index contributed by atoms with van der Waals surface area (Å²) >= 11 is 0. The summed E-state index contributed by atoms with van der Waals surface area (Å²) in [6.07, 6.45) is -4.08. The van der Waals surface area contributed by atoms with E-state index < -0.39 is 35.4 Å². The van der Waals surface area contributed by atoms with Gasteiger partial charge in [0, 0.05) is 36.8 Å². The van der Waals surface area contributed by atoms with Gasteiger partial charge >= 0.3 is 12.4 Å². The molecule has 0 aliphatic carbocycles. The second-order valence-electron chi connectivity index (χ2n) is 7.31. The highest BCUT2D eigenvalue weighted by Crippen LogP contribution is 2.31. The molecule has 0 unspecified atom stereocenters. The van der Waals surface area contributed by atoms with E-state index in [1.165, 1.54) is 28.0 Å². The van der Waals surface area contributed by atoms with Gasteiger partial charge in [-0.2, -0.15) is 31.4 Å². The summed E-state index contributed by atoms with van der Waals surface area (Å²) in [5.74, 6) is -1.08. The van der Waals surface area contributed by atoms with Gasteiger partial charge in [-0.05, 0) is 45.7 Å². The molecule has 13 heteroatoms. The Labute approximate surface area is 197 Å². The van der Waals surface area contributed by atoms with E-state index in [2.05, 4.69) is 21.8 Å². The first-order valence-electron chi connectivity index (χ1n) is 10.2. The van der Waals surface area contributed by atoms with E-state index in [9.17, 15) is 31.1 Å². The van der Waals surface area contributed by atoms with E-state index in [1.54, 1.807) is 13.8 Å². The summed E-state index contributed by atoms with van der Waals surface area (Å²) in [5.41, 5.74) is -2.33. The first kappa shape index (κ1) is 27.6. The molecule has 2 aromatic rings. The zero-order valence-corrected chi connectivity index (χ0v) is 19.1. The second kappa shape index (κ2) is 11.2. The zero-order chi connectivity index (χ0) is 26.4. The molecule has 0 aliphatic heterocycles. The number of allylic oxidation sites excluding steroid dienone is 3. The molecule has 2 rings (SSSR count). The molecule has 190 valence electrons. The number of hydrogen-bond acceptors (Lipinski definition) is 5. The van der Waals surface area contributed by atoms with Crippen molar-refractivity contribution in [3.63, 3.8) is 0 Å². The van der Waals surface area contributed by atoms with Gasteiger partial charge in [0.1, 0.15) is 6.61 Å². The molecular weight excluding hydrogens is 480 g/mol. The number of nitrogens with zero attached hydrogens (tertiary/aromatic N) is 5. The van der Waals surface area contributed by atoms with E-state index >= 15 is 0 Å². The Morgan fingerprint density at radius 1 is 1.29 bits per heavy atom. The smallest absolute Gasteiger partial charge is 0.417 e. The van der Waals surface area contributed by atoms with Crippen LogP contribution in [0.1, 0.15) is 36.7 Å². The number of likely N-dealkylation sites (N-methyl/N-ethyl adjacent to an activating group) is 1. The van der Waals surface area contributed by atoms with Gasteiger partial charge in [-0.15, -0.1) is 0 Å². The average Bonchev–Trinajstić information content (AvgIpc) is 3.32. The lowest BCUT2D eigenvalue weighted by atomic mass is 10.1. The lowest BCUT2D eigenvalue weighted by Gasteiger charge is -2.28. The van der Waals surface area contributed by atoms with Gasteiger partial charge in [0.05, 0.1) is 17.2 Å². The van der Waals surface area contributed by atoms with Crippen LogP contribution in [0.2, 0.25) is 0 Å². The summed E-state index contributed by atoms with van der Waals surface area (Å²) in [6.45, 7) is 7.16. The van der Waals surface area contributed by atoms with Crippen LogP contribution in [0.5, 0.6) is 0 Å². The second-order valence-corrected chi connectivity index (χ2v) is 7.31. The predicted octanol–water partition coefficient (Wildman–Crippen LogP) is 5.20. The molecule has 2 aromatic heterocycles. The number of carbonyl (C=O) groups is 1. The third kappa shape index (κ3) is 7.17. The molecule has 1 atom stereocenters. The van der Waals surface area contributed by atoms with E-state index in [4.69, 9.17) is 4.74 Å². The number of alkyl halides is 6. The lowest BCUT2D eigenvalue weighted by molar-refractivity contribution is -0.137. The predicted molar refractivity (Wildman–Crippen MR) is 116 cm³/mol. The third-order valence-electron chi connectivity index (χ3n) is 4.83. The van der Waals surface area contributed by atoms with E-state index in [0.717, 1.165) is 19.1 Å². The maximum atomic E-state index is 13.3. The molecule has 2 heterocycles. The van der Waals surface area contributed by atoms with Crippen molar-refractivity contribution in [1.29, 1.82) is 0 Å². The van der Waals surface area contributed by atoms with Crippen LogP contribution in [-0.2, 0) is 10.9 Å². The zero-order valence-electron chi connectivity index (χ0n) is 19.1. The van der Waals surface area contributed by atoms with Crippen molar-refractivity contribution in [3.8, 4) is 5.82 Å². The Kier molecular flexibility index (Phi) is 8.83. The monoisotopic (exact) mass is 503 g/mol. The summed E-state index contributed by atoms with van der Waals surface area (Å²) in [6, 6.07) is 1.52. The molecular formula is C22H23F6N5O2. The molecule has 0 saturated carbocycles. The van der Waals surface area contributed by atoms with Gasteiger partial charge in [0.25, 0.3) is 5.91 Å². The largest absolute Gasteiger partial charge is 0.475 e. The Morgan fingerprint density at radius 2 is 1.97 bits per heavy atom. The molecule has 0 radical (unpaired) electrons. The number of carbonyl (C=O) groups excluding carboxylic acids is 1. The average molecular weight is 503 g/mol. The molecule has 1 amide bonds. The molecule has 0 saturated heterocycles. The normalized spacial score (nSPS) is 14.0. The van der Waals surface area contributed by atoms with Gasteiger partial charge in [0.2, 0.25) is 5.88 Å². The Bertz CT molecular complexity index is 1090. The highest BCUT2D eigenvalue weighted by Gasteiger charge is 2.34. The maximum Gasteiger partial charge on any atom is 0.417 e. The number of aliphatic imine (C=N–C) groups is 1. The van der Waals surface area contributed by atoms with E-state index in [0.29, 0.717) is 12.3 Å². The van der Waals surface area contributed by atoms with Crippen molar-refractivity contribution in [2.75, 3.05) is 13.2 Å². The first-order chi connectivity index (χ1) is 16.3. The van der Waals surface area contributed by atoms with E-state index in [-0.39, 0.29) is 30.4 Å². The summed E-state index contributed by atoms with van der Waals surface area (Å²) in [4.78, 5) is 21.8. The topological polar surface area (TPSA) is 72.6 Å². The minimum atomic E-state index is -4.73. The summed E-state index contributed by atoms with van der Waals surface area (Å²) in [7, 11) is 0. The minimum absolute atomic E-state index is 0.0891. The van der Waals surface area contributed by atoms with Crippen LogP contribution in [-0.4, -0.2) is 57.7 Å². The van der Waals surface area contributed by atoms with Crippen LogP contribution >= 0.6 is 0 Å². The number of pyridine rings is 1. The Balaban J connectivity index is 2.31. The lowest BCUT2D eigenvalue weighted by Crippen LogP contribution is -2.41. The summed E-state index contributed by atoms with van der Waals surface area (Å²) < 4.78 is 84.4. The van der Waals surface area contributed by atoms with Gasteiger partial charge in [0.15, 0.2) is 5.82 Å². The molecule has 7 nitrogen and oxygen atoms in total. The Hall–Kier alpha value is -3.64. The maximum absolute atomic E-state index is 13.3. The van der Waals surface area contributed by atoms with Crippen LogP contribution in [0.25, 0.3) is 5.82 Å². The molecule has 0 fully saturated rings. The standard InChI is InChI=1S/C22H23F6N5O2/c1-5-32(15(3)13-35-18(29-4)8-7-14(2)21(23,24)25)20(34)17-11-16(22(26,27)28)12-30-19(17)33-10-6-9-31-33/h6-12,15H,4-5,13H2,1-3H3/b14-7+,18-8+/t15-/m0/s1. The first-order valence-corrected chi connectivity index (χ1v) is 10.2. The highest BCUT2D eigenvalue weighted by molar-refractivity contribution is 5.97. The molecule has 0 aliphatic rings. The molecule has 0 bridgehead atoms. The van der Waals surface area contributed by atoms with Crippen LogP contribution in [0.15, 0.2) is 59.3 Å². The minimum Gasteiger partial charge on any atom is -0.475 e. The molecule has 35 heavy (non-hydrogen) atoms. The SMILES string of the molecule is C=N/C(=C\C=C(/C)C(F)(F)F)OC[C@H](C)N(CC)C(=O)c1cc(C(F)(F)F)cnc1-n1cccn1. The van der Waals surface area contributed by atoms with Crippen molar-refractivity contribution in [3.05, 3.63) is 65.5 Å². The van der Waals surface area contributed by atoms with Crippen molar-refractivity contribution < 1.29 is 35.9 Å². The van der Waals surface area contributed by atoms with Crippen LogP contribution in [0.4, 0.5) is 26.3 Å². The molecule has 0 N–H and O–H groups in total. The fourth-order valence-corrected chi connectivity index (χ4v) is 2.89. The van der Waals surface area contributed by atoms with Gasteiger partial charge in [-0.1, -0.05) is 0 Å². The van der Waals surface area contributed by atoms with E-state index in [1.807, 2.05) is 0 Å². The number of amides is 1. The third-order valence-corrected chi connectivity index (χ3v) is 4.83. The van der Waals surface area contributed by atoms with Gasteiger partial charge < -0.3 is 9.64 Å². The molecule has 0 aromatic carbocycles. The van der Waals surface area contributed by atoms with Crippen LogP contribution in [0.3, 0.4) is 0 Å². The number of rotatable bonds is 9. The van der Waals surface area contributed by atoms with Crippen molar-refractivity contribution in [2.45, 2.75) is 39.2 Å². The quantitative estimate of drug-likeness (QED) is 0.204. The van der Waals surface area contributed by atoms with Gasteiger partial charge in [-0.3, -0.25) is 4.79 Å². The number of aromatic nitrogens is 3. The number of halogens is 6. The number of hydrogen-bond donors (Lipinski definition) is 0. The van der Waals surface area contributed by atoms with Crippen molar-refractivity contribution >= 4 is 12.6 Å². The highest BCUT2D eigenvalue weighted by atomic mass is 19.4. The number of ether oxygens (including phenoxy) is 1. The fourth-order valence-electron chi connectivity index (χ4n) is 2.89. The van der Waals surface area contributed by atoms with Crippen molar-refractivity contribution in [2.24, 2.45) is 4.99 Å². The molecule has 0 spiro atoms. The van der Waals surface area contributed by atoms with Crippen LogP contribution < -0.4 is 0 Å². The van der Waals surface area contributed by atoms with Crippen molar-refractivity contribution in [1.82, 2.24) is 19.7 Å². The van der Waals surface area contributed by atoms with Crippen LogP contribution in [0, 0.1) is 0 Å². The summed E-state index contributed by atoms with van der Waals surface area (Å²) in [5, 5.41) is 3.94. The fraction of sp³-hybridized carbons (Fsp3) is 0.364.